The van der Waals surface area contributed by atoms with Crippen molar-refractivity contribution in [3.63, 3.8) is 0 Å². The minimum Gasteiger partial charge on any atom is -0.497 e. The van der Waals surface area contributed by atoms with Crippen LogP contribution in [-0.4, -0.2) is 44.9 Å². The van der Waals surface area contributed by atoms with Crippen molar-refractivity contribution in [1.29, 1.82) is 0 Å². The number of amides is 2. The van der Waals surface area contributed by atoms with E-state index < -0.39 is 41.2 Å². The van der Waals surface area contributed by atoms with Crippen molar-refractivity contribution in [3.8, 4) is 11.5 Å². The molecule has 0 aromatic heterocycles. The molecule has 2 aliphatic rings. The topological polar surface area (TPSA) is 111 Å². The normalized spacial score (nSPS) is 23.9. The molecular formula is C30H28N2O7. The highest BCUT2D eigenvalue weighted by Gasteiger charge is 2.70. The minimum atomic E-state index is -1.67. The summed E-state index contributed by atoms with van der Waals surface area (Å²) >= 11 is 0. The molecule has 2 heterocycles. The largest absolute Gasteiger partial charge is 0.497 e. The lowest BCUT2D eigenvalue weighted by molar-refractivity contribution is -0.152. The third-order valence-electron chi connectivity index (χ3n) is 7.58. The molecule has 2 saturated heterocycles. The van der Waals surface area contributed by atoms with Gasteiger partial charge in [-0.3, -0.25) is 19.7 Å². The van der Waals surface area contributed by atoms with Gasteiger partial charge in [0.2, 0.25) is 11.8 Å². The zero-order chi connectivity index (χ0) is 27.9. The van der Waals surface area contributed by atoms with Gasteiger partial charge in [-0.15, -0.1) is 0 Å². The lowest BCUT2D eigenvalue weighted by Gasteiger charge is -2.33. The van der Waals surface area contributed by atoms with Gasteiger partial charge >= 0.3 is 5.97 Å². The SMILES string of the molecule is COC(=O)[C@]1(c2ccccc2)N[C@@H](c2ccc(OC)cc2OC)[C@H]2C(=O)N(c3cccc(C(C)=O)c3)C(=O)[C@H]21. The maximum Gasteiger partial charge on any atom is 0.331 e. The van der Waals surface area contributed by atoms with E-state index in [9.17, 15) is 19.2 Å². The molecule has 2 aliphatic heterocycles. The van der Waals surface area contributed by atoms with Gasteiger partial charge in [-0.1, -0.05) is 48.5 Å². The second-order valence-electron chi connectivity index (χ2n) is 9.52. The smallest absolute Gasteiger partial charge is 0.331 e. The van der Waals surface area contributed by atoms with Crippen LogP contribution in [-0.2, 0) is 24.7 Å². The Morgan fingerprint density at radius 1 is 0.872 bits per heavy atom. The number of ether oxygens (including phenoxy) is 3. The summed E-state index contributed by atoms with van der Waals surface area (Å²) in [7, 11) is 4.28. The number of hydrogen-bond donors (Lipinski definition) is 1. The molecule has 0 saturated carbocycles. The van der Waals surface area contributed by atoms with Gasteiger partial charge < -0.3 is 14.2 Å². The molecule has 9 heteroatoms. The molecule has 0 aliphatic carbocycles. The van der Waals surface area contributed by atoms with Crippen LogP contribution in [0.5, 0.6) is 11.5 Å². The van der Waals surface area contributed by atoms with Gasteiger partial charge in [0.15, 0.2) is 11.3 Å². The van der Waals surface area contributed by atoms with Crippen molar-refractivity contribution < 1.29 is 33.4 Å². The Hall–Kier alpha value is -4.50. The number of benzene rings is 3. The number of anilines is 1. The van der Waals surface area contributed by atoms with Crippen molar-refractivity contribution in [1.82, 2.24) is 5.32 Å². The Kier molecular flexibility index (Phi) is 6.69. The second-order valence-corrected chi connectivity index (χ2v) is 9.52. The molecule has 3 aromatic rings. The van der Waals surface area contributed by atoms with E-state index >= 15 is 0 Å². The molecule has 0 radical (unpaired) electrons. The fourth-order valence-electron chi connectivity index (χ4n) is 5.80. The third kappa shape index (κ3) is 3.97. The van der Waals surface area contributed by atoms with Gasteiger partial charge in [-0.05, 0) is 30.7 Å². The van der Waals surface area contributed by atoms with Crippen molar-refractivity contribution in [2.24, 2.45) is 11.8 Å². The maximum atomic E-state index is 14.2. The first-order chi connectivity index (χ1) is 18.8. The number of esters is 1. The Morgan fingerprint density at radius 2 is 1.62 bits per heavy atom. The molecule has 200 valence electrons. The monoisotopic (exact) mass is 528 g/mol. The van der Waals surface area contributed by atoms with Crippen LogP contribution in [0.2, 0.25) is 0 Å². The Balaban J connectivity index is 1.74. The van der Waals surface area contributed by atoms with Crippen molar-refractivity contribution >= 4 is 29.3 Å². The van der Waals surface area contributed by atoms with E-state index in [4.69, 9.17) is 14.2 Å². The van der Waals surface area contributed by atoms with Gasteiger partial charge in [-0.2, -0.15) is 0 Å². The van der Waals surface area contributed by atoms with E-state index in [2.05, 4.69) is 5.32 Å². The molecule has 0 spiro atoms. The predicted octanol–water partition coefficient (Wildman–Crippen LogP) is 3.43. The molecule has 1 N–H and O–H groups in total. The third-order valence-corrected chi connectivity index (χ3v) is 7.58. The van der Waals surface area contributed by atoms with Crippen molar-refractivity contribution in [2.45, 2.75) is 18.5 Å². The molecule has 3 aromatic carbocycles. The van der Waals surface area contributed by atoms with E-state index in [1.165, 1.54) is 34.3 Å². The number of fused-ring (bicyclic) bond motifs is 1. The standard InChI is InChI=1S/C30H28N2O7/c1-17(33)18-9-8-12-20(15-18)32-27(34)24-25(28(32)35)30(29(36)39-4,19-10-6-5-7-11-19)31-26(24)22-14-13-21(37-2)16-23(22)38-3/h5-16,24-26,31H,1-4H3/t24-,25-,26-,30+/m0/s1. The Labute approximate surface area is 225 Å². The second kappa shape index (κ2) is 9.99. The molecule has 2 fully saturated rings. The molecule has 39 heavy (non-hydrogen) atoms. The number of rotatable bonds is 7. The van der Waals surface area contributed by atoms with E-state index in [0.717, 1.165) is 4.90 Å². The summed E-state index contributed by atoms with van der Waals surface area (Å²) in [5.41, 5.74) is 0.0202. The summed E-state index contributed by atoms with van der Waals surface area (Å²) < 4.78 is 16.3. The van der Waals surface area contributed by atoms with Crippen LogP contribution in [0.4, 0.5) is 5.69 Å². The minimum absolute atomic E-state index is 0.202. The molecule has 0 unspecified atom stereocenters. The highest BCUT2D eigenvalue weighted by atomic mass is 16.5. The molecule has 4 atom stereocenters. The quantitative estimate of drug-likeness (QED) is 0.282. The number of nitrogens with one attached hydrogen (secondary N) is 1. The summed E-state index contributed by atoms with van der Waals surface area (Å²) in [6.07, 6.45) is 0. The Morgan fingerprint density at radius 3 is 2.26 bits per heavy atom. The highest BCUT2D eigenvalue weighted by molar-refractivity contribution is 6.24. The molecular weight excluding hydrogens is 500 g/mol. The zero-order valence-electron chi connectivity index (χ0n) is 22.0. The number of hydrogen-bond acceptors (Lipinski definition) is 8. The maximum absolute atomic E-state index is 14.2. The number of imide groups is 1. The molecule has 2 amide bonds. The first-order valence-electron chi connectivity index (χ1n) is 12.4. The van der Waals surface area contributed by atoms with E-state index in [-0.39, 0.29) is 11.5 Å². The summed E-state index contributed by atoms with van der Waals surface area (Å²) in [6.45, 7) is 1.41. The fourth-order valence-corrected chi connectivity index (χ4v) is 5.80. The number of carbonyl (C=O) groups excluding carboxylic acids is 4. The molecule has 5 rings (SSSR count). The Bertz CT molecular complexity index is 1470. The van der Waals surface area contributed by atoms with Crippen molar-refractivity contribution in [2.75, 3.05) is 26.2 Å². The van der Waals surface area contributed by atoms with E-state index in [1.54, 1.807) is 66.7 Å². The number of methoxy groups -OCH3 is 3. The number of carbonyl (C=O) groups is 4. The van der Waals surface area contributed by atoms with Crippen LogP contribution < -0.4 is 19.7 Å². The lowest BCUT2D eigenvalue weighted by atomic mass is 9.75. The first-order valence-corrected chi connectivity index (χ1v) is 12.4. The summed E-state index contributed by atoms with van der Waals surface area (Å²) in [5, 5.41) is 3.35. The van der Waals surface area contributed by atoms with Gasteiger partial charge in [-0.25, -0.2) is 9.69 Å². The van der Waals surface area contributed by atoms with Gasteiger partial charge in [0.1, 0.15) is 11.5 Å². The van der Waals surface area contributed by atoms with Crippen LogP contribution >= 0.6 is 0 Å². The zero-order valence-corrected chi connectivity index (χ0v) is 22.0. The number of nitrogens with zero attached hydrogens (tertiary/aromatic N) is 1. The average molecular weight is 529 g/mol. The van der Waals surface area contributed by atoms with Crippen LogP contribution in [0, 0.1) is 11.8 Å². The van der Waals surface area contributed by atoms with Crippen LogP contribution in [0.15, 0.2) is 72.8 Å². The van der Waals surface area contributed by atoms with Gasteiger partial charge in [0, 0.05) is 23.2 Å². The van der Waals surface area contributed by atoms with Crippen LogP contribution in [0.1, 0.15) is 34.5 Å². The average Bonchev–Trinajstić information content (AvgIpc) is 3.46. The van der Waals surface area contributed by atoms with Gasteiger partial charge in [0.05, 0.1) is 38.9 Å². The summed E-state index contributed by atoms with van der Waals surface area (Å²) in [6, 6.07) is 19.5. The highest BCUT2D eigenvalue weighted by Crippen LogP contribution is 2.55. The number of ketones is 1. The summed E-state index contributed by atoms with van der Waals surface area (Å²) in [5.74, 6) is -3.12. The van der Waals surface area contributed by atoms with E-state index in [1.807, 2.05) is 0 Å². The van der Waals surface area contributed by atoms with E-state index in [0.29, 0.717) is 28.2 Å². The number of Topliss-reactive ketones (excluding diaryl/α,β-unsaturated/α-hetero) is 1. The first kappa shape index (κ1) is 26.1. The van der Waals surface area contributed by atoms with Crippen LogP contribution in [0.25, 0.3) is 0 Å². The lowest BCUT2D eigenvalue weighted by Crippen LogP contribution is -2.53. The van der Waals surface area contributed by atoms with Gasteiger partial charge in [0.25, 0.3) is 0 Å². The fraction of sp³-hybridized carbons (Fsp3) is 0.267. The van der Waals surface area contributed by atoms with Crippen molar-refractivity contribution in [3.05, 3.63) is 89.5 Å². The summed E-state index contributed by atoms with van der Waals surface area (Å²) in [4.78, 5) is 55.2. The van der Waals surface area contributed by atoms with Crippen LogP contribution in [0.3, 0.4) is 0 Å². The molecule has 9 nitrogen and oxygen atoms in total. The molecule has 0 bridgehead atoms. The predicted molar refractivity (Wildman–Crippen MR) is 141 cm³/mol.